The number of rotatable bonds is 2. The van der Waals surface area contributed by atoms with Crippen molar-refractivity contribution in [3.8, 4) is 5.75 Å². The fraction of sp³-hybridized carbons (Fsp3) is 0.188. The quantitative estimate of drug-likeness (QED) is 0.776. The number of alkyl halides is 1. The predicted octanol–water partition coefficient (Wildman–Crippen LogP) is 3.86. The number of halogens is 1. The molecule has 2 aromatic carbocycles. The Morgan fingerprint density at radius 1 is 1.00 bits per heavy atom. The van der Waals surface area contributed by atoms with Gasteiger partial charge in [0, 0.05) is 5.88 Å². The molecule has 0 aromatic heterocycles. The second-order valence-corrected chi connectivity index (χ2v) is 4.88. The van der Waals surface area contributed by atoms with Crippen LogP contribution in [0.15, 0.2) is 54.6 Å². The molecule has 0 fully saturated rings. The van der Waals surface area contributed by atoms with Crippen LogP contribution in [0.25, 0.3) is 0 Å². The lowest BCUT2D eigenvalue weighted by atomic mass is 9.87. The average Bonchev–Trinajstić information content (AvgIpc) is 2.48. The van der Waals surface area contributed by atoms with Crippen LogP contribution in [0.4, 0.5) is 0 Å². The Morgan fingerprint density at radius 3 is 2.42 bits per heavy atom. The number of carbonyl (C=O) groups excluding carboxylic acids is 1. The van der Waals surface area contributed by atoms with E-state index in [1.165, 1.54) is 0 Å². The number of hydrogen-bond donors (Lipinski definition) is 0. The third-order valence-electron chi connectivity index (χ3n) is 3.40. The van der Waals surface area contributed by atoms with E-state index in [0.29, 0.717) is 11.3 Å². The number of Topliss-reactive ketones (excluding diaryl/α,β-unsaturated/α-hetero) is 1. The maximum absolute atomic E-state index is 12.5. The first-order valence-corrected chi connectivity index (χ1v) is 6.75. The van der Waals surface area contributed by atoms with Gasteiger partial charge in [-0.1, -0.05) is 42.5 Å². The SMILES string of the molecule is O=C1c2ccccc2OC(c2ccccc2)C1CCl. The second kappa shape index (κ2) is 5.06. The summed E-state index contributed by atoms with van der Waals surface area (Å²) in [6, 6.07) is 17.1. The Balaban J connectivity index is 2.05. The molecule has 0 saturated heterocycles. The van der Waals surface area contributed by atoms with Crippen molar-refractivity contribution < 1.29 is 9.53 Å². The van der Waals surface area contributed by atoms with Crippen LogP contribution in [0.5, 0.6) is 5.75 Å². The molecule has 19 heavy (non-hydrogen) atoms. The molecule has 0 saturated carbocycles. The average molecular weight is 273 g/mol. The normalized spacial score (nSPS) is 21.6. The highest BCUT2D eigenvalue weighted by atomic mass is 35.5. The molecule has 2 atom stereocenters. The molecule has 2 nitrogen and oxygen atoms in total. The standard InChI is InChI=1S/C16H13ClO2/c17-10-13-15(18)12-8-4-5-9-14(12)19-16(13)11-6-2-1-3-7-11/h1-9,13,16H,10H2. The van der Waals surface area contributed by atoms with Gasteiger partial charge in [0.25, 0.3) is 0 Å². The fourth-order valence-corrected chi connectivity index (χ4v) is 2.73. The Hall–Kier alpha value is -1.80. The first-order valence-electron chi connectivity index (χ1n) is 6.22. The molecule has 0 aliphatic carbocycles. The van der Waals surface area contributed by atoms with Gasteiger partial charge in [0.05, 0.1) is 11.5 Å². The van der Waals surface area contributed by atoms with Crippen molar-refractivity contribution in [2.24, 2.45) is 5.92 Å². The lowest BCUT2D eigenvalue weighted by molar-refractivity contribution is 0.0697. The van der Waals surface area contributed by atoms with E-state index in [1.54, 1.807) is 6.07 Å². The van der Waals surface area contributed by atoms with Gasteiger partial charge < -0.3 is 4.74 Å². The molecule has 3 heteroatoms. The van der Waals surface area contributed by atoms with Crippen LogP contribution in [0.1, 0.15) is 22.0 Å². The summed E-state index contributed by atoms with van der Waals surface area (Å²) in [7, 11) is 0. The zero-order valence-corrected chi connectivity index (χ0v) is 11.0. The summed E-state index contributed by atoms with van der Waals surface area (Å²) < 4.78 is 5.99. The van der Waals surface area contributed by atoms with Crippen LogP contribution in [-0.2, 0) is 0 Å². The number of ether oxygens (including phenoxy) is 1. The van der Waals surface area contributed by atoms with E-state index < -0.39 is 0 Å². The molecule has 1 aliphatic heterocycles. The lowest BCUT2D eigenvalue weighted by Crippen LogP contribution is -2.32. The molecule has 2 aromatic rings. The molecule has 0 N–H and O–H groups in total. The number of hydrogen-bond acceptors (Lipinski definition) is 2. The van der Waals surface area contributed by atoms with Crippen molar-refractivity contribution in [3.63, 3.8) is 0 Å². The second-order valence-electron chi connectivity index (χ2n) is 4.57. The van der Waals surface area contributed by atoms with Gasteiger partial charge >= 0.3 is 0 Å². The van der Waals surface area contributed by atoms with Gasteiger partial charge in [-0.25, -0.2) is 0 Å². The summed E-state index contributed by atoms with van der Waals surface area (Å²) in [5.74, 6) is 0.625. The minimum absolute atomic E-state index is 0.0608. The van der Waals surface area contributed by atoms with Crippen LogP contribution in [0.3, 0.4) is 0 Å². The Labute approximate surface area is 117 Å². The fourth-order valence-electron chi connectivity index (χ4n) is 2.42. The van der Waals surface area contributed by atoms with E-state index in [-0.39, 0.29) is 23.7 Å². The molecule has 0 bridgehead atoms. The molecule has 96 valence electrons. The summed E-state index contributed by atoms with van der Waals surface area (Å²) in [5, 5.41) is 0. The van der Waals surface area contributed by atoms with Crippen LogP contribution < -0.4 is 4.74 Å². The molecule has 2 unspecified atom stereocenters. The highest BCUT2D eigenvalue weighted by Crippen LogP contribution is 2.38. The van der Waals surface area contributed by atoms with Gasteiger partial charge in [-0.2, -0.15) is 0 Å². The van der Waals surface area contributed by atoms with Crippen molar-refractivity contribution >= 4 is 17.4 Å². The number of ketones is 1. The van der Waals surface area contributed by atoms with E-state index in [1.807, 2.05) is 48.5 Å². The van der Waals surface area contributed by atoms with Gasteiger partial charge in [-0.15, -0.1) is 11.6 Å². The smallest absolute Gasteiger partial charge is 0.174 e. The number of benzene rings is 2. The van der Waals surface area contributed by atoms with E-state index >= 15 is 0 Å². The molecule has 0 radical (unpaired) electrons. The van der Waals surface area contributed by atoms with Crippen LogP contribution in [0.2, 0.25) is 0 Å². The number of para-hydroxylation sites is 1. The highest BCUT2D eigenvalue weighted by molar-refractivity contribution is 6.20. The summed E-state index contributed by atoms with van der Waals surface area (Å²) in [6.07, 6.45) is -0.305. The Morgan fingerprint density at radius 2 is 1.68 bits per heavy atom. The zero-order chi connectivity index (χ0) is 13.2. The molecule has 3 rings (SSSR count). The van der Waals surface area contributed by atoms with Crippen molar-refractivity contribution in [2.45, 2.75) is 6.10 Å². The van der Waals surface area contributed by atoms with Crippen molar-refractivity contribution in [3.05, 3.63) is 65.7 Å². The maximum Gasteiger partial charge on any atom is 0.174 e. The highest BCUT2D eigenvalue weighted by Gasteiger charge is 2.37. The predicted molar refractivity (Wildman–Crippen MR) is 74.8 cm³/mol. The molecule has 1 aliphatic rings. The van der Waals surface area contributed by atoms with E-state index in [0.717, 1.165) is 5.56 Å². The molecular weight excluding hydrogens is 260 g/mol. The monoisotopic (exact) mass is 272 g/mol. The summed E-state index contributed by atoms with van der Waals surface area (Å²) in [4.78, 5) is 12.5. The van der Waals surface area contributed by atoms with E-state index in [4.69, 9.17) is 16.3 Å². The first kappa shape index (κ1) is 12.2. The maximum atomic E-state index is 12.5. The zero-order valence-electron chi connectivity index (χ0n) is 10.3. The third kappa shape index (κ3) is 2.13. The molecule has 1 heterocycles. The van der Waals surface area contributed by atoms with Gasteiger partial charge in [-0.05, 0) is 17.7 Å². The summed E-state index contributed by atoms with van der Waals surface area (Å²) >= 11 is 5.99. The Bertz CT molecular complexity index is 595. The van der Waals surface area contributed by atoms with Gasteiger partial charge in [0.2, 0.25) is 0 Å². The van der Waals surface area contributed by atoms with Crippen LogP contribution >= 0.6 is 11.6 Å². The first-order chi connectivity index (χ1) is 9.31. The van der Waals surface area contributed by atoms with Crippen molar-refractivity contribution in [2.75, 3.05) is 5.88 Å². The molecular formula is C16H13ClO2. The van der Waals surface area contributed by atoms with E-state index in [9.17, 15) is 4.79 Å². The van der Waals surface area contributed by atoms with E-state index in [2.05, 4.69) is 0 Å². The number of fused-ring (bicyclic) bond motifs is 1. The third-order valence-corrected chi connectivity index (χ3v) is 3.74. The van der Waals surface area contributed by atoms with Crippen LogP contribution in [-0.4, -0.2) is 11.7 Å². The largest absolute Gasteiger partial charge is 0.484 e. The van der Waals surface area contributed by atoms with Gasteiger partial charge in [-0.3, -0.25) is 4.79 Å². The van der Waals surface area contributed by atoms with Crippen LogP contribution in [0, 0.1) is 5.92 Å². The summed E-state index contributed by atoms with van der Waals surface area (Å²) in [6.45, 7) is 0. The molecule has 0 amide bonds. The molecule has 0 spiro atoms. The van der Waals surface area contributed by atoms with Gasteiger partial charge in [0.1, 0.15) is 11.9 Å². The topological polar surface area (TPSA) is 26.3 Å². The number of carbonyl (C=O) groups is 1. The van der Waals surface area contributed by atoms with Crippen molar-refractivity contribution in [1.82, 2.24) is 0 Å². The Kier molecular flexibility index (Phi) is 3.26. The summed E-state index contributed by atoms with van der Waals surface area (Å²) in [5.41, 5.74) is 1.61. The minimum atomic E-state index is -0.334. The van der Waals surface area contributed by atoms with Gasteiger partial charge in [0.15, 0.2) is 5.78 Å². The lowest BCUT2D eigenvalue weighted by Gasteiger charge is -2.31. The van der Waals surface area contributed by atoms with Crippen molar-refractivity contribution in [1.29, 1.82) is 0 Å². The minimum Gasteiger partial charge on any atom is -0.484 e.